The lowest BCUT2D eigenvalue weighted by atomic mass is 10.1. The molecule has 20 heavy (non-hydrogen) atoms. The van der Waals surface area contributed by atoms with Gasteiger partial charge in [-0.2, -0.15) is 0 Å². The average molecular weight is 335 g/mol. The second-order valence-electron chi connectivity index (χ2n) is 5.46. The summed E-state index contributed by atoms with van der Waals surface area (Å²) in [6, 6.07) is 13.7. The second-order valence-corrected chi connectivity index (χ2v) is 6.38. The van der Waals surface area contributed by atoms with E-state index in [-0.39, 0.29) is 0 Å². The first kappa shape index (κ1) is 15.5. The maximum absolute atomic E-state index is 3.51. The van der Waals surface area contributed by atoms with E-state index >= 15 is 0 Å². The SMILES string of the molecule is CC(C)NCCCNCc1ccc2cc(Br)ccc2c1. The molecule has 0 aliphatic carbocycles. The van der Waals surface area contributed by atoms with Crippen LogP contribution in [0.3, 0.4) is 0 Å². The molecule has 0 unspecified atom stereocenters. The van der Waals surface area contributed by atoms with Crippen molar-refractivity contribution >= 4 is 26.7 Å². The molecular weight excluding hydrogens is 312 g/mol. The lowest BCUT2D eigenvalue weighted by Crippen LogP contribution is -2.26. The number of hydrogen-bond acceptors (Lipinski definition) is 2. The van der Waals surface area contributed by atoms with Gasteiger partial charge in [-0.15, -0.1) is 0 Å². The first-order valence-corrected chi connectivity index (χ1v) is 8.07. The molecule has 0 aliphatic heterocycles. The average Bonchev–Trinajstić information content (AvgIpc) is 2.42. The van der Waals surface area contributed by atoms with Crippen molar-refractivity contribution in [3.8, 4) is 0 Å². The monoisotopic (exact) mass is 334 g/mol. The molecule has 0 atom stereocenters. The molecule has 0 saturated carbocycles. The van der Waals surface area contributed by atoms with Gasteiger partial charge in [-0.3, -0.25) is 0 Å². The van der Waals surface area contributed by atoms with Gasteiger partial charge in [0, 0.05) is 17.1 Å². The molecule has 0 saturated heterocycles. The Morgan fingerprint density at radius 1 is 1.00 bits per heavy atom. The second kappa shape index (κ2) is 7.77. The van der Waals surface area contributed by atoms with Gasteiger partial charge in [0.1, 0.15) is 0 Å². The smallest absolute Gasteiger partial charge is 0.0205 e. The van der Waals surface area contributed by atoms with Crippen LogP contribution in [0, 0.1) is 0 Å². The van der Waals surface area contributed by atoms with Crippen LogP contribution < -0.4 is 10.6 Å². The molecule has 0 bridgehead atoms. The lowest BCUT2D eigenvalue weighted by Gasteiger charge is -2.09. The molecule has 108 valence electrons. The van der Waals surface area contributed by atoms with Gasteiger partial charge >= 0.3 is 0 Å². The van der Waals surface area contributed by atoms with Gasteiger partial charge in [-0.1, -0.05) is 48.0 Å². The van der Waals surface area contributed by atoms with Crippen molar-refractivity contribution in [3.63, 3.8) is 0 Å². The van der Waals surface area contributed by atoms with E-state index in [1.165, 1.54) is 22.8 Å². The van der Waals surface area contributed by atoms with Crippen molar-refractivity contribution in [2.24, 2.45) is 0 Å². The molecule has 0 fully saturated rings. The van der Waals surface area contributed by atoms with Crippen LogP contribution in [-0.4, -0.2) is 19.1 Å². The summed E-state index contributed by atoms with van der Waals surface area (Å²) in [4.78, 5) is 0. The zero-order valence-electron chi connectivity index (χ0n) is 12.2. The number of rotatable bonds is 7. The van der Waals surface area contributed by atoms with E-state index in [4.69, 9.17) is 0 Å². The van der Waals surface area contributed by atoms with Crippen molar-refractivity contribution in [1.82, 2.24) is 10.6 Å². The van der Waals surface area contributed by atoms with E-state index in [1.54, 1.807) is 0 Å². The van der Waals surface area contributed by atoms with E-state index in [1.807, 2.05) is 0 Å². The van der Waals surface area contributed by atoms with Crippen molar-refractivity contribution in [2.75, 3.05) is 13.1 Å². The zero-order valence-corrected chi connectivity index (χ0v) is 13.8. The van der Waals surface area contributed by atoms with Crippen LogP contribution in [0.15, 0.2) is 40.9 Å². The highest BCUT2D eigenvalue weighted by molar-refractivity contribution is 9.10. The van der Waals surface area contributed by atoms with Gasteiger partial charge < -0.3 is 10.6 Å². The predicted octanol–water partition coefficient (Wildman–Crippen LogP) is 4.08. The minimum Gasteiger partial charge on any atom is -0.314 e. The summed E-state index contributed by atoms with van der Waals surface area (Å²) < 4.78 is 1.13. The molecular formula is C17H23BrN2. The summed E-state index contributed by atoms with van der Waals surface area (Å²) in [5, 5.41) is 9.51. The van der Waals surface area contributed by atoms with Crippen LogP contribution in [0.4, 0.5) is 0 Å². The van der Waals surface area contributed by atoms with Crippen molar-refractivity contribution < 1.29 is 0 Å². The fraction of sp³-hybridized carbons (Fsp3) is 0.412. The molecule has 2 aromatic carbocycles. The number of hydrogen-bond donors (Lipinski definition) is 2. The Bertz CT molecular complexity index is 552. The minimum atomic E-state index is 0.579. The maximum Gasteiger partial charge on any atom is 0.0205 e. The topological polar surface area (TPSA) is 24.1 Å². The molecule has 0 spiro atoms. The van der Waals surface area contributed by atoms with E-state index in [0.29, 0.717) is 6.04 Å². The Morgan fingerprint density at radius 2 is 1.75 bits per heavy atom. The summed E-state index contributed by atoms with van der Waals surface area (Å²) in [6.45, 7) is 7.43. The predicted molar refractivity (Wildman–Crippen MR) is 91.1 cm³/mol. The normalized spacial score (nSPS) is 11.4. The molecule has 0 amide bonds. The molecule has 0 aromatic heterocycles. The highest BCUT2D eigenvalue weighted by atomic mass is 79.9. The van der Waals surface area contributed by atoms with Crippen LogP contribution in [0.25, 0.3) is 10.8 Å². The van der Waals surface area contributed by atoms with E-state index < -0.39 is 0 Å². The van der Waals surface area contributed by atoms with Crippen molar-refractivity contribution in [2.45, 2.75) is 32.9 Å². The van der Waals surface area contributed by atoms with Gasteiger partial charge in [0.2, 0.25) is 0 Å². The minimum absolute atomic E-state index is 0.579. The summed E-state index contributed by atoms with van der Waals surface area (Å²) in [6.07, 6.45) is 1.17. The Morgan fingerprint density at radius 3 is 2.55 bits per heavy atom. The van der Waals surface area contributed by atoms with Gasteiger partial charge in [-0.05, 0) is 54.0 Å². The van der Waals surface area contributed by atoms with E-state index in [9.17, 15) is 0 Å². The van der Waals surface area contributed by atoms with Gasteiger partial charge in [-0.25, -0.2) is 0 Å². The van der Waals surface area contributed by atoms with Gasteiger partial charge in [0.05, 0.1) is 0 Å². The van der Waals surface area contributed by atoms with Gasteiger partial charge in [0.25, 0.3) is 0 Å². The van der Waals surface area contributed by atoms with E-state index in [0.717, 1.165) is 24.1 Å². The van der Waals surface area contributed by atoms with Crippen LogP contribution in [0.2, 0.25) is 0 Å². The van der Waals surface area contributed by atoms with Crippen LogP contribution in [-0.2, 0) is 6.54 Å². The fourth-order valence-electron chi connectivity index (χ4n) is 2.21. The van der Waals surface area contributed by atoms with Crippen LogP contribution in [0.1, 0.15) is 25.8 Å². The van der Waals surface area contributed by atoms with Crippen LogP contribution in [0.5, 0.6) is 0 Å². The summed E-state index contributed by atoms with van der Waals surface area (Å²) in [5.74, 6) is 0. The van der Waals surface area contributed by atoms with Gasteiger partial charge in [0.15, 0.2) is 0 Å². The number of fused-ring (bicyclic) bond motifs is 1. The maximum atomic E-state index is 3.51. The highest BCUT2D eigenvalue weighted by Crippen LogP contribution is 2.20. The molecule has 2 aromatic rings. The number of benzene rings is 2. The molecule has 0 heterocycles. The number of halogens is 1. The molecule has 3 heteroatoms. The third-order valence-corrected chi connectivity index (χ3v) is 3.77. The summed E-state index contributed by atoms with van der Waals surface area (Å²) in [7, 11) is 0. The van der Waals surface area contributed by atoms with Crippen molar-refractivity contribution in [1.29, 1.82) is 0 Å². The molecule has 0 radical (unpaired) electrons. The largest absolute Gasteiger partial charge is 0.314 e. The number of nitrogens with one attached hydrogen (secondary N) is 2. The Labute approximate surface area is 130 Å². The zero-order chi connectivity index (χ0) is 14.4. The summed E-state index contributed by atoms with van der Waals surface area (Å²) in [5.41, 5.74) is 1.34. The Hall–Kier alpha value is -0.900. The quantitative estimate of drug-likeness (QED) is 0.745. The molecule has 2 N–H and O–H groups in total. The molecule has 2 nitrogen and oxygen atoms in total. The summed E-state index contributed by atoms with van der Waals surface area (Å²) >= 11 is 3.51. The fourth-order valence-corrected chi connectivity index (χ4v) is 2.59. The van der Waals surface area contributed by atoms with E-state index in [2.05, 4.69) is 76.8 Å². The first-order chi connectivity index (χ1) is 9.65. The highest BCUT2D eigenvalue weighted by Gasteiger charge is 1.98. The standard InChI is InChI=1S/C17H23BrN2/c1-13(2)20-9-3-8-19-12-14-4-5-16-11-17(18)7-6-15(16)10-14/h4-7,10-11,13,19-20H,3,8-9,12H2,1-2H3. The van der Waals surface area contributed by atoms with Crippen LogP contribution >= 0.6 is 15.9 Å². The first-order valence-electron chi connectivity index (χ1n) is 7.27. The lowest BCUT2D eigenvalue weighted by molar-refractivity contribution is 0.547. The van der Waals surface area contributed by atoms with Crippen molar-refractivity contribution in [3.05, 3.63) is 46.4 Å². The Balaban J connectivity index is 1.80. The molecule has 2 rings (SSSR count). The molecule has 0 aliphatic rings. The third kappa shape index (κ3) is 4.89. The third-order valence-electron chi connectivity index (χ3n) is 3.28. The Kier molecular flexibility index (Phi) is 6.02.